The molecule has 0 aromatic carbocycles. The van der Waals surface area contributed by atoms with Crippen LogP contribution in [0.1, 0.15) is 23.0 Å². The number of hydrogen-bond donors (Lipinski definition) is 3. The summed E-state index contributed by atoms with van der Waals surface area (Å²) in [6.07, 6.45) is 1.35. The average Bonchev–Trinajstić information content (AvgIpc) is 2.63. The number of carboxylic acid groups (broad SMARTS) is 1. The maximum absolute atomic E-state index is 10.8. The van der Waals surface area contributed by atoms with Gasteiger partial charge >= 0.3 is 5.97 Å². The molecule has 6 nitrogen and oxygen atoms in total. The fraction of sp³-hybridized carbons (Fsp3) is 0.583. The van der Waals surface area contributed by atoms with Gasteiger partial charge in [0.15, 0.2) is 0 Å². The van der Waals surface area contributed by atoms with Crippen molar-refractivity contribution < 1.29 is 19.4 Å². The molecule has 0 amide bonds. The molecule has 18 heavy (non-hydrogen) atoms. The summed E-state index contributed by atoms with van der Waals surface area (Å²) < 4.78 is 4.86. The molecule has 0 aliphatic carbocycles. The molecule has 1 atom stereocenters. The molecule has 1 unspecified atom stereocenters. The number of furan rings is 1. The van der Waals surface area contributed by atoms with Crippen LogP contribution in [0, 0.1) is 0 Å². The third kappa shape index (κ3) is 4.48. The van der Waals surface area contributed by atoms with Crippen molar-refractivity contribution in [3.63, 3.8) is 0 Å². The molecule has 3 N–H and O–H groups in total. The van der Waals surface area contributed by atoms with E-state index in [-0.39, 0.29) is 5.76 Å². The van der Waals surface area contributed by atoms with Gasteiger partial charge in [0.2, 0.25) is 5.76 Å². The maximum atomic E-state index is 10.8. The fourth-order valence-corrected chi connectivity index (χ4v) is 1.87. The lowest BCUT2D eigenvalue weighted by Crippen LogP contribution is -2.45. The van der Waals surface area contributed by atoms with Crippen LogP contribution in [-0.4, -0.2) is 53.9 Å². The summed E-state index contributed by atoms with van der Waals surface area (Å²) >= 11 is 0. The largest absolute Gasteiger partial charge is 0.475 e. The predicted molar refractivity (Wildman–Crippen MR) is 66.6 cm³/mol. The molecule has 102 valence electrons. The number of carbonyl (C=O) groups is 1. The first-order valence-electron chi connectivity index (χ1n) is 5.69. The number of nitrogens with one attached hydrogen (secondary N) is 1. The minimum atomic E-state index is -1.09. The van der Waals surface area contributed by atoms with E-state index in [1.807, 2.05) is 19.0 Å². The lowest BCUT2D eigenvalue weighted by molar-refractivity contribution is 0.0335. The van der Waals surface area contributed by atoms with Crippen LogP contribution in [0.2, 0.25) is 0 Å². The van der Waals surface area contributed by atoms with Crippen LogP contribution >= 0.6 is 0 Å². The second-order valence-electron chi connectivity index (χ2n) is 4.92. The van der Waals surface area contributed by atoms with Gasteiger partial charge in [-0.3, -0.25) is 0 Å². The molecule has 0 saturated heterocycles. The van der Waals surface area contributed by atoms with E-state index >= 15 is 0 Å². The van der Waals surface area contributed by atoms with E-state index in [1.165, 1.54) is 6.26 Å². The molecular weight excluding hydrogens is 236 g/mol. The number of hydrogen-bond acceptors (Lipinski definition) is 5. The van der Waals surface area contributed by atoms with Crippen LogP contribution in [0.5, 0.6) is 0 Å². The first kappa shape index (κ1) is 14.7. The van der Waals surface area contributed by atoms with Crippen LogP contribution in [0.3, 0.4) is 0 Å². The zero-order chi connectivity index (χ0) is 13.8. The number of carboxylic acids is 1. The van der Waals surface area contributed by atoms with Crippen molar-refractivity contribution in [1.82, 2.24) is 10.2 Å². The highest BCUT2D eigenvalue weighted by molar-refractivity contribution is 5.86. The van der Waals surface area contributed by atoms with Gasteiger partial charge in [-0.2, -0.15) is 0 Å². The lowest BCUT2D eigenvalue weighted by Gasteiger charge is -2.27. The van der Waals surface area contributed by atoms with Gasteiger partial charge in [0, 0.05) is 25.2 Å². The molecule has 6 heteroatoms. The fourth-order valence-electron chi connectivity index (χ4n) is 1.87. The SMILES string of the molecule is CN(C)CC(C)(O)CNCc1ccoc1C(=O)O. The number of aromatic carboxylic acids is 1. The van der Waals surface area contributed by atoms with E-state index in [4.69, 9.17) is 9.52 Å². The lowest BCUT2D eigenvalue weighted by atomic mass is 10.1. The number of aliphatic hydroxyl groups is 1. The molecule has 1 rings (SSSR count). The Morgan fingerprint density at radius 2 is 2.22 bits per heavy atom. The highest BCUT2D eigenvalue weighted by Crippen LogP contribution is 2.10. The normalized spacial score (nSPS) is 14.7. The van der Waals surface area contributed by atoms with Crippen molar-refractivity contribution in [3.05, 3.63) is 23.7 Å². The molecule has 1 aromatic heterocycles. The third-order valence-electron chi connectivity index (χ3n) is 2.42. The van der Waals surface area contributed by atoms with Crippen LogP contribution in [0.15, 0.2) is 16.7 Å². The minimum Gasteiger partial charge on any atom is -0.475 e. The first-order chi connectivity index (χ1) is 8.32. The predicted octanol–water partition coefficient (Wildman–Crippen LogP) is 0.380. The van der Waals surface area contributed by atoms with Gasteiger partial charge < -0.3 is 24.8 Å². The molecule has 0 aliphatic heterocycles. The second kappa shape index (κ2) is 5.99. The first-order valence-corrected chi connectivity index (χ1v) is 5.69. The Labute approximate surface area is 106 Å². The highest BCUT2D eigenvalue weighted by Gasteiger charge is 2.21. The van der Waals surface area contributed by atoms with Gasteiger partial charge in [0.25, 0.3) is 0 Å². The summed E-state index contributed by atoms with van der Waals surface area (Å²) in [6, 6.07) is 1.61. The Hall–Kier alpha value is -1.37. The monoisotopic (exact) mass is 256 g/mol. The molecule has 0 fully saturated rings. The van der Waals surface area contributed by atoms with Crippen LogP contribution in [0.4, 0.5) is 0 Å². The molecule has 0 bridgehead atoms. The summed E-state index contributed by atoms with van der Waals surface area (Å²) in [5.41, 5.74) is -0.292. The van der Waals surface area contributed by atoms with Crippen molar-refractivity contribution >= 4 is 5.97 Å². The van der Waals surface area contributed by atoms with Crippen LogP contribution in [-0.2, 0) is 6.54 Å². The standard InChI is InChI=1S/C12H20N2O4/c1-12(17,8-14(2)3)7-13-6-9-4-5-18-10(9)11(15)16/h4-5,13,17H,6-8H2,1-3H3,(H,15,16). The summed E-state index contributed by atoms with van der Waals surface area (Å²) in [7, 11) is 3.76. The molecular formula is C12H20N2O4. The third-order valence-corrected chi connectivity index (χ3v) is 2.42. The Balaban J connectivity index is 2.46. The Morgan fingerprint density at radius 3 is 2.78 bits per heavy atom. The quantitative estimate of drug-likeness (QED) is 0.654. The van der Waals surface area contributed by atoms with Gasteiger partial charge in [-0.05, 0) is 27.1 Å². The zero-order valence-electron chi connectivity index (χ0n) is 10.9. The Morgan fingerprint density at radius 1 is 1.56 bits per heavy atom. The average molecular weight is 256 g/mol. The van der Waals surface area contributed by atoms with Crippen molar-refractivity contribution in [2.45, 2.75) is 19.1 Å². The molecule has 0 radical (unpaired) electrons. The van der Waals surface area contributed by atoms with Crippen LogP contribution in [0.25, 0.3) is 0 Å². The van der Waals surface area contributed by atoms with Crippen molar-refractivity contribution in [2.75, 3.05) is 27.2 Å². The van der Waals surface area contributed by atoms with Crippen molar-refractivity contribution in [1.29, 1.82) is 0 Å². The second-order valence-corrected chi connectivity index (χ2v) is 4.92. The van der Waals surface area contributed by atoms with E-state index in [0.717, 1.165) is 0 Å². The van der Waals surface area contributed by atoms with E-state index in [1.54, 1.807) is 13.0 Å². The molecule has 0 spiro atoms. The van der Waals surface area contributed by atoms with Gasteiger partial charge in [-0.25, -0.2) is 4.79 Å². The van der Waals surface area contributed by atoms with E-state index in [2.05, 4.69) is 5.32 Å². The van der Waals surface area contributed by atoms with Gasteiger partial charge in [-0.15, -0.1) is 0 Å². The smallest absolute Gasteiger partial charge is 0.372 e. The van der Waals surface area contributed by atoms with Gasteiger partial charge in [0.05, 0.1) is 11.9 Å². The summed E-state index contributed by atoms with van der Waals surface area (Å²) in [4.78, 5) is 12.7. The zero-order valence-corrected chi connectivity index (χ0v) is 10.9. The molecule has 1 heterocycles. The number of likely N-dealkylation sites (N-methyl/N-ethyl adjacent to an activating group) is 1. The van der Waals surface area contributed by atoms with E-state index in [0.29, 0.717) is 25.2 Å². The van der Waals surface area contributed by atoms with Crippen molar-refractivity contribution in [2.24, 2.45) is 0 Å². The summed E-state index contributed by atoms with van der Waals surface area (Å²) in [6.45, 7) is 2.97. The van der Waals surface area contributed by atoms with Gasteiger partial charge in [-0.1, -0.05) is 0 Å². The molecule has 0 saturated carbocycles. The van der Waals surface area contributed by atoms with Crippen molar-refractivity contribution in [3.8, 4) is 0 Å². The van der Waals surface area contributed by atoms with Crippen LogP contribution < -0.4 is 5.32 Å². The Bertz CT molecular complexity index is 399. The minimum absolute atomic E-state index is 0.0604. The topological polar surface area (TPSA) is 85.9 Å². The highest BCUT2D eigenvalue weighted by atomic mass is 16.4. The van der Waals surface area contributed by atoms with E-state index < -0.39 is 11.6 Å². The van der Waals surface area contributed by atoms with Gasteiger partial charge in [0.1, 0.15) is 0 Å². The summed E-state index contributed by atoms with van der Waals surface area (Å²) in [5, 5.41) is 21.9. The molecule has 1 aromatic rings. The summed E-state index contributed by atoms with van der Waals surface area (Å²) in [5.74, 6) is -1.15. The molecule has 0 aliphatic rings. The Kier molecular flexibility index (Phi) is 4.89. The number of rotatable bonds is 7. The maximum Gasteiger partial charge on any atom is 0.372 e. The number of nitrogens with zero attached hydrogens (tertiary/aromatic N) is 1. The van der Waals surface area contributed by atoms with E-state index in [9.17, 15) is 9.90 Å².